The Kier molecular flexibility index (Phi) is 6.63. The van der Waals surface area contributed by atoms with Crippen molar-refractivity contribution in [3.05, 3.63) is 45.4 Å². The second kappa shape index (κ2) is 8.75. The Balaban J connectivity index is 0.00000196. The van der Waals surface area contributed by atoms with E-state index >= 15 is 0 Å². The van der Waals surface area contributed by atoms with E-state index in [1.54, 1.807) is 11.3 Å². The first-order valence-electron chi connectivity index (χ1n) is 8.69. The lowest BCUT2D eigenvalue weighted by Gasteiger charge is -2.36. The molecular formula is C18H23ClIN5S. The van der Waals surface area contributed by atoms with E-state index in [4.69, 9.17) is 17.3 Å². The fourth-order valence-electron chi connectivity index (χ4n) is 3.06. The van der Waals surface area contributed by atoms with E-state index in [-0.39, 0.29) is 24.0 Å². The zero-order valence-corrected chi connectivity index (χ0v) is 18.4. The summed E-state index contributed by atoms with van der Waals surface area (Å²) in [6.45, 7) is 4.20. The van der Waals surface area contributed by atoms with E-state index in [0.29, 0.717) is 18.4 Å². The second-order valence-corrected chi connectivity index (χ2v) is 7.94. The molecule has 1 aliphatic heterocycles. The van der Waals surface area contributed by atoms with Crippen molar-refractivity contribution < 1.29 is 0 Å². The van der Waals surface area contributed by atoms with Gasteiger partial charge in [-0.25, -0.2) is 9.98 Å². The summed E-state index contributed by atoms with van der Waals surface area (Å²) >= 11 is 7.65. The average molecular weight is 504 g/mol. The van der Waals surface area contributed by atoms with Gasteiger partial charge in [0.05, 0.1) is 12.2 Å². The molecule has 26 heavy (non-hydrogen) atoms. The van der Waals surface area contributed by atoms with Crippen molar-refractivity contribution in [3.8, 4) is 0 Å². The van der Waals surface area contributed by atoms with Gasteiger partial charge in [0.1, 0.15) is 5.01 Å². The van der Waals surface area contributed by atoms with Gasteiger partial charge in [0.2, 0.25) is 0 Å². The summed E-state index contributed by atoms with van der Waals surface area (Å²) < 4.78 is 0. The third kappa shape index (κ3) is 4.80. The zero-order valence-electron chi connectivity index (χ0n) is 14.5. The second-order valence-electron chi connectivity index (χ2n) is 6.57. The van der Waals surface area contributed by atoms with Gasteiger partial charge in [-0.05, 0) is 37.1 Å². The first-order valence-corrected chi connectivity index (χ1v) is 9.94. The topological polar surface area (TPSA) is 57.8 Å². The molecule has 1 saturated heterocycles. The van der Waals surface area contributed by atoms with Gasteiger partial charge in [0, 0.05) is 48.2 Å². The van der Waals surface area contributed by atoms with Crippen LogP contribution in [0.4, 0.5) is 5.69 Å². The van der Waals surface area contributed by atoms with Crippen molar-refractivity contribution in [2.24, 2.45) is 10.7 Å². The molecule has 4 rings (SSSR count). The number of anilines is 1. The third-order valence-corrected chi connectivity index (χ3v) is 5.84. The van der Waals surface area contributed by atoms with Crippen molar-refractivity contribution >= 4 is 58.6 Å². The molecule has 0 atom stereocenters. The molecule has 2 aromatic rings. The summed E-state index contributed by atoms with van der Waals surface area (Å²) in [6.07, 6.45) is 2.57. The Bertz CT molecular complexity index is 751. The van der Waals surface area contributed by atoms with Crippen LogP contribution in [-0.2, 0) is 6.54 Å². The van der Waals surface area contributed by atoms with E-state index in [0.717, 1.165) is 36.2 Å². The Morgan fingerprint density at radius 1 is 1.19 bits per heavy atom. The lowest BCUT2D eigenvalue weighted by Crippen LogP contribution is -2.51. The molecule has 1 saturated carbocycles. The largest absolute Gasteiger partial charge is 0.370 e. The van der Waals surface area contributed by atoms with Gasteiger partial charge in [-0.1, -0.05) is 11.6 Å². The number of aromatic nitrogens is 1. The normalized spacial score (nSPS) is 18.0. The Hall–Kier alpha value is -1.06. The molecule has 1 aromatic heterocycles. The van der Waals surface area contributed by atoms with Crippen LogP contribution in [0.15, 0.2) is 34.6 Å². The number of nitrogens with two attached hydrogens (primary N) is 1. The quantitative estimate of drug-likeness (QED) is 0.390. The van der Waals surface area contributed by atoms with Gasteiger partial charge < -0.3 is 15.5 Å². The monoisotopic (exact) mass is 503 g/mol. The molecule has 8 heteroatoms. The molecule has 1 aliphatic carbocycles. The molecular weight excluding hydrogens is 481 g/mol. The lowest BCUT2D eigenvalue weighted by molar-refractivity contribution is 0.380. The maximum Gasteiger partial charge on any atom is 0.191 e. The molecule has 1 aromatic carbocycles. The van der Waals surface area contributed by atoms with Crippen LogP contribution in [0.25, 0.3) is 0 Å². The highest BCUT2D eigenvalue weighted by Crippen LogP contribution is 2.40. The van der Waals surface area contributed by atoms with Gasteiger partial charge in [-0.15, -0.1) is 35.3 Å². The highest BCUT2D eigenvalue weighted by molar-refractivity contribution is 14.0. The molecule has 2 heterocycles. The Labute approximate surface area is 180 Å². The predicted molar refractivity (Wildman–Crippen MR) is 120 cm³/mol. The number of aliphatic imine (C=N–C) groups is 1. The summed E-state index contributed by atoms with van der Waals surface area (Å²) in [5.41, 5.74) is 8.64. The summed E-state index contributed by atoms with van der Waals surface area (Å²) in [5.74, 6) is 1.33. The van der Waals surface area contributed by atoms with Gasteiger partial charge in [0.15, 0.2) is 5.96 Å². The van der Waals surface area contributed by atoms with Gasteiger partial charge >= 0.3 is 0 Å². The van der Waals surface area contributed by atoms with Crippen LogP contribution < -0.4 is 10.6 Å². The lowest BCUT2D eigenvalue weighted by atomic mass is 10.2. The van der Waals surface area contributed by atoms with Crippen LogP contribution >= 0.6 is 46.9 Å². The maximum atomic E-state index is 6.20. The zero-order chi connectivity index (χ0) is 17.2. The first kappa shape index (κ1) is 19.7. The van der Waals surface area contributed by atoms with Crippen molar-refractivity contribution in [2.75, 3.05) is 31.1 Å². The van der Waals surface area contributed by atoms with E-state index in [1.807, 2.05) is 12.1 Å². The minimum atomic E-state index is 0. The number of guanidine groups is 1. The van der Waals surface area contributed by atoms with E-state index in [1.165, 1.54) is 24.2 Å². The number of hydrogen-bond donors (Lipinski definition) is 1. The summed E-state index contributed by atoms with van der Waals surface area (Å²) in [7, 11) is 0. The number of rotatable bonds is 4. The number of thiazole rings is 1. The van der Waals surface area contributed by atoms with Crippen LogP contribution in [0.1, 0.15) is 29.5 Å². The fraction of sp³-hybridized carbons (Fsp3) is 0.444. The number of piperazine rings is 1. The van der Waals surface area contributed by atoms with Crippen molar-refractivity contribution in [1.82, 2.24) is 9.88 Å². The Morgan fingerprint density at radius 3 is 2.54 bits per heavy atom. The van der Waals surface area contributed by atoms with Gasteiger partial charge in [-0.3, -0.25) is 0 Å². The minimum Gasteiger partial charge on any atom is -0.370 e. The van der Waals surface area contributed by atoms with E-state index in [9.17, 15) is 0 Å². The van der Waals surface area contributed by atoms with Crippen molar-refractivity contribution in [1.29, 1.82) is 0 Å². The van der Waals surface area contributed by atoms with Crippen LogP contribution in [0.5, 0.6) is 0 Å². The first-order chi connectivity index (χ1) is 12.2. The average Bonchev–Trinajstić information content (AvgIpc) is 3.39. The molecule has 140 valence electrons. The molecule has 2 fully saturated rings. The summed E-state index contributed by atoms with van der Waals surface area (Å²) in [6, 6.07) is 8.00. The van der Waals surface area contributed by atoms with Crippen LogP contribution in [0.3, 0.4) is 0 Å². The number of hydrogen-bond acceptors (Lipinski definition) is 4. The van der Waals surface area contributed by atoms with Crippen molar-refractivity contribution in [3.63, 3.8) is 0 Å². The molecule has 0 spiro atoms. The number of halogens is 2. The predicted octanol–water partition coefficient (Wildman–Crippen LogP) is 3.93. The number of benzene rings is 1. The fourth-order valence-corrected chi connectivity index (χ4v) is 3.98. The van der Waals surface area contributed by atoms with Crippen LogP contribution in [-0.4, -0.2) is 42.0 Å². The Morgan fingerprint density at radius 2 is 1.88 bits per heavy atom. The molecule has 2 N–H and O–H groups in total. The highest BCUT2D eigenvalue weighted by atomic mass is 127. The summed E-state index contributed by atoms with van der Waals surface area (Å²) in [5, 5.41) is 4.00. The van der Waals surface area contributed by atoms with E-state index in [2.05, 4.69) is 37.3 Å². The van der Waals surface area contributed by atoms with Crippen LogP contribution in [0, 0.1) is 0 Å². The molecule has 0 unspecified atom stereocenters. The van der Waals surface area contributed by atoms with Gasteiger partial charge in [0.25, 0.3) is 0 Å². The standard InChI is InChI=1S/C18H22ClN5S.HI/c19-14-3-5-15(6-4-14)23-7-9-24(10-8-23)18(20)21-11-17-22-16(12-25-17)13-1-2-13;/h3-6,12-13H,1-2,7-11H2,(H2,20,21);1H. The molecule has 5 nitrogen and oxygen atoms in total. The molecule has 2 aliphatic rings. The SMILES string of the molecule is I.NC(=NCc1nc(C2CC2)cs1)N1CCN(c2ccc(Cl)cc2)CC1. The summed E-state index contributed by atoms with van der Waals surface area (Å²) in [4.78, 5) is 13.7. The van der Waals surface area contributed by atoms with Crippen LogP contribution in [0.2, 0.25) is 5.02 Å². The third-order valence-electron chi connectivity index (χ3n) is 4.74. The van der Waals surface area contributed by atoms with E-state index < -0.39 is 0 Å². The maximum absolute atomic E-state index is 6.20. The molecule has 0 radical (unpaired) electrons. The van der Waals surface area contributed by atoms with Gasteiger partial charge in [-0.2, -0.15) is 0 Å². The molecule has 0 amide bonds. The smallest absolute Gasteiger partial charge is 0.191 e. The molecule has 0 bridgehead atoms. The minimum absolute atomic E-state index is 0. The van der Waals surface area contributed by atoms with Crippen molar-refractivity contribution in [2.45, 2.75) is 25.3 Å². The highest BCUT2D eigenvalue weighted by Gasteiger charge is 2.26. The number of nitrogens with zero attached hydrogens (tertiary/aromatic N) is 4.